The average molecular weight is 330 g/mol. The summed E-state index contributed by atoms with van der Waals surface area (Å²) in [5.74, 6) is 1.03. The highest BCUT2D eigenvalue weighted by Crippen LogP contribution is 2.36. The minimum absolute atomic E-state index is 0.185. The molecular formula is C19H22O5. The van der Waals surface area contributed by atoms with Gasteiger partial charge in [0.15, 0.2) is 6.10 Å². The number of fused-ring (bicyclic) bond motifs is 1. The van der Waals surface area contributed by atoms with Crippen LogP contribution in [0, 0.1) is 6.92 Å². The van der Waals surface area contributed by atoms with E-state index in [0.29, 0.717) is 0 Å². The first-order valence-corrected chi connectivity index (χ1v) is 7.61. The predicted octanol–water partition coefficient (Wildman–Crippen LogP) is 3.28. The maximum Gasteiger partial charge on any atom is 0.330 e. The van der Waals surface area contributed by atoms with E-state index >= 15 is 0 Å². The zero-order chi connectivity index (χ0) is 17.5. The highest BCUT2D eigenvalue weighted by molar-refractivity contribution is 5.94. The molecule has 0 aliphatic rings. The number of esters is 1. The molecule has 5 nitrogen and oxygen atoms in total. The molecule has 0 aliphatic carbocycles. The van der Waals surface area contributed by atoms with E-state index in [1.165, 1.54) is 0 Å². The third-order valence-corrected chi connectivity index (χ3v) is 3.58. The zero-order valence-electron chi connectivity index (χ0n) is 14.2. The molecule has 0 saturated heterocycles. The van der Waals surface area contributed by atoms with Crippen LogP contribution >= 0.6 is 0 Å². The molecule has 0 saturated carbocycles. The van der Waals surface area contributed by atoms with Crippen molar-refractivity contribution in [2.75, 3.05) is 27.4 Å². The number of methoxy groups -OCH3 is 2. The highest BCUT2D eigenvalue weighted by Gasteiger charge is 2.17. The lowest BCUT2D eigenvalue weighted by atomic mass is 10.0. The van der Waals surface area contributed by atoms with Gasteiger partial charge < -0.3 is 18.9 Å². The number of carbonyl (C=O) groups is 1. The third-order valence-electron chi connectivity index (χ3n) is 3.58. The molecule has 0 radical (unpaired) electrons. The smallest absolute Gasteiger partial charge is 0.330 e. The Bertz CT molecular complexity index is 723. The van der Waals surface area contributed by atoms with Crippen LogP contribution in [-0.4, -0.2) is 39.5 Å². The Morgan fingerprint density at radius 2 is 1.92 bits per heavy atom. The van der Waals surface area contributed by atoms with Gasteiger partial charge in [0.1, 0.15) is 18.1 Å². The maximum absolute atomic E-state index is 11.4. The molecule has 2 rings (SSSR count). The molecule has 0 amide bonds. The third kappa shape index (κ3) is 4.06. The van der Waals surface area contributed by atoms with Gasteiger partial charge in [-0.05, 0) is 18.6 Å². The summed E-state index contributed by atoms with van der Waals surface area (Å²) in [5.41, 5.74) is 0.941. The van der Waals surface area contributed by atoms with Gasteiger partial charge >= 0.3 is 5.97 Å². The summed E-state index contributed by atoms with van der Waals surface area (Å²) in [5, 5.41) is 1.91. The van der Waals surface area contributed by atoms with Crippen LogP contribution in [0.15, 0.2) is 43.0 Å². The van der Waals surface area contributed by atoms with Crippen molar-refractivity contribution in [3.63, 3.8) is 0 Å². The van der Waals surface area contributed by atoms with Crippen LogP contribution in [0.25, 0.3) is 10.8 Å². The molecule has 0 spiro atoms. The van der Waals surface area contributed by atoms with E-state index in [2.05, 4.69) is 6.58 Å². The molecule has 24 heavy (non-hydrogen) atoms. The number of benzene rings is 2. The van der Waals surface area contributed by atoms with Gasteiger partial charge in [0, 0.05) is 24.0 Å². The second-order valence-electron chi connectivity index (χ2n) is 5.30. The quantitative estimate of drug-likeness (QED) is 0.549. The van der Waals surface area contributed by atoms with Crippen LogP contribution in [0.5, 0.6) is 11.5 Å². The second kappa shape index (κ2) is 8.36. The van der Waals surface area contributed by atoms with Gasteiger partial charge in [0.25, 0.3) is 0 Å². The average Bonchev–Trinajstić information content (AvgIpc) is 2.60. The minimum atomic E-state index is -0.513. The summed E-state index contributed by atoms with van der Waals surface area (Å²) >= 11 is 0. The summed E-state index contributed by atoms with van der Waals surface area (Å²) in [7, 11) is 3.19. The summed E-state index contributed by atoms with van der Waals surface area (Å²) in [6.07, 6.45) is 0.609. The van der Waals surface area contributed by atoms with Gasteiger partial charge in [-0.15, -0.1) is 0 Å². The summed E-state index contributed by atoms with van der Waals surface area (Å²) in [6.45, 7) is 5.77. The lowest BCUT2D eigenvalue weighted by Crippen LogP contribution is -2.29. The van der Waals surface area contributed by atoms with Crippen LogP contribution in [0.4, 0.5) is 0 Å². The number of hydrogen-bond donors (Lipinski definition) is 0. The number of carbonyl (C=O) groups excluding carboxylic acids is 1. The van der Waals surface area contributed by atoms with E-state index in [0.717, 1.165) is 33.9 Å². The van der Waals surface area contributed by atoms with Crippen LogP contribution < -0.4 is 9.47 Å². The normalized spacial score (nSPS) is 11.8. The second-order valence-corrected chi connectivity index (χ2v) is 5.30. The van der Waals surface area contributed by atoms with Crippen LogP contribution in [0.2, 0.25) is 0 Å². The SMILES string of the molecule is C=CC(=O)OC(COC)COc1c(C)cc(OC)c2ccccc12. The molecule has 0 aromatic heterocycles. The molecule has 5 heteroatoms. The molecule has 128 valence electrons. The van der Waals surface area contributed by atoms with Crippen molar-refractivity contribution < 1.29 is 23.7 Å². The molecule has 0 fully saturated rings. The zero-order valence-corrected chi connectivity index (χ0v) is 14.2. The molecule has 0 N–H and O–H groups in total. The van der Waals surface area contributed by atoms with Crippen molar-refractivity contribution >= 4 is 16.7 Å². The van der Waals surface area contributed by atoms with E-state index in [1.54, 1.807) is 14.2 Å². The first kappa shape index (κ1) is 17.8. The van der Waals surface area contributed by atoms with E-state index in [-0.39, 0.29) is 13.2 Å². The summed E-state index contributed by atoms with van der Waals surface area (Å²) < 4.78 is 21.7. The predicted molar refractivity (Wildman–Crippen MR) is 92.7 cm³/mol. The molecule has 2 aromatic rings. The largest absolute Gasteiger partial charge is 0.496 e. The summed E-state index contributed by atoms with van der Waals surface area (Å²) in [6, 6.07) is 9.77. The lowest BCUT2D eigenvalue weighted by Gasteiger charge is -2.19. The van der Waals surface area contributed by atoms with Gasteiger partial charge in [-0.1, -0.05) is 30.8 Å². The summed E-state index contributed by atoms with van der Waals surface area (Å²) in [4.78, 5) is 11.4. The Kier molecular flexibility index (Phi) is 6.21. The lowest BCUT2D eigenvalue weighted by molar-refractivity contribution is -0.147. The van der Waals surface area contributed by atoms with Crippen molar-refractivity contribution in [1.82, 2.24) is 0 Å². The van der Waals surface area contributed by atoms with E-state index in [1.807, 2.05) is 37.3 Å². The molecule has 1 unspecified atom stereocenters. The van der Waals surface area contributed by atoms with Crippen molar-refractivity contribution in [1.29, 1.82) is 0 Å². The van der Waals surface area contributed by atoms with Gasteiger partial charge in [-0.25, -0.2) is 4.79 Å². The number of rotatable bonds is 8. The minimum Gasteiger partial charge on any atom is -0.496 e. The topological polar surface area (TPSA) is 54.0 Å². The monoisotopic (exact) mass is 330 g/mol. The van der Waals surface area contributed by atoms with Gasteiger partial charge in [-0.3, -0.25) is 0 Å². The number of aryl methyl sites for hydroxylation is 1. The molecule has 0 heterocycles. The van der Waals surface area contributed by atoms with Crippen LogP contribution in [-0.2, 0) is 14.3 Å². The van der Waals surface area contributed by atoms with Crippen molar-refractivity contribution in [2.45, 2.75) is 13.0 Å². The van der Waals surface area contributed by atoms with E-state index < -0.39 is 12.1 Å². The van der Waals surface area contributed by atoms with Gasteiger partial charge in [-0.2, -0.15) is 0 Å². The molecule has 0 bridgehead atoms. The standard InChI is InChI=1S/C19H22O5/c1-5-18(20)24-14(11-21-3)12-23-19-13(2)10-17(22-4)15-8-6-7-9-16(15)19/h5-10,14H,1,11-12H2,2-4H3. The Labute approximate surface area is 141 Å². The molecular weight excluding hydrogens is 308 g/mol. The molecule has 0 aliphatic heterocycles. The number of ether oxygens (including phenoxy) is 4. The fourth-order valence-electron chi connectivity index (χ4n) is 2.50. The molecule has 1 atom stereocenters. The Hall–Kier alpha value is -2.53. The van der Waals surface area contributed by atoms with Crippen LogP contribution in [0.3, 0.4) is 0 Å². The van der Waals surface area contributed by atoms with E-state index in [4.69, 9.17) is 18.9 Å². The van der Waals surface area contributed by atoms with Gasteiger partial charge in [0.2, 0.25) is 0 Å². The first-order chi connectivity index (χ1) is 11.6. The molecule has 2 aromatic carbocycles. The number of hydrogen-bond acceptors (Lipinski definition) is 5. The maximum atomic E-state index is 11.4. The highest BCUT2D eigenvalue weighted by atomic mass is 16.6. The Balaban J connectivity index is 2.27. The fourth-order valence-corrected chi connectivity index (χ4v) is 2.50. The van der Waals surface area contributed by atoms with Crippen molar-refractivity contribution in [2.24, 2.45) is 0 Å². The first-order valence-electron chi connectivity index (χ1n) is 7.61. The van der Waals surface area contributed by atoms with Crippen molar-refractivity contribution in [3.05, 3.63) is 48.6 Å². The van der Waals surface area contributed by atoms with Gasteiger partial charge in [0.05, 0.1) is 13.7 Å². The van der Waals surface area contributed by atoms with E-state index in [9.17, 15) is 4.79 Å². The van der Waals surface area contributed by atoms with Crippen LogP contribution in [0.1, 0.15) is 5.56 Å². The fraction of sp³-hybridized carbons (Fsp3) is 0.316. The Morgan fingerprint density at radius 3 is 2.54 bits per heavy atom. The van der Waals surface area contributed by atoms with Crippen molar-refractivity contribution in [3.8, 4) is 11.5 Å². The Morgan fingerprint density at radius 1 is 1.21 bits per heavy atom.